The highest BCUT2D eigenvalue weighted by molar-refractivity contribution is 5.86. The van der Waals surface area contributed by atoms with E-state index in [-0.39, 0.29) is 23.9 Å². The molecule has 0 aliphatic heterocycles. The molecule has 5 nitrogen and oxygen atoms in total. The van der Waals surface area contributed by atoms with Gasteiger partial charge in [-0.3, -0.25) is 4.79 Å². The highest BCUT2D eigenvalue weighted by atomic mass is 19.1. The van der Waals surface area contributed by atoms with E-state index in [0.29, 0.717) is 16.9 Å². The first-order chi connectivity index (χ1) is 10.6. The summed E-state index contributed by atoms with van der Waals surface area (Å²) in [6.45, 7) is 0. The number of hydrogen-bond donors (Lipinski definition) is 2. The average Bonchev–Trinajstić information content (AvgIpc) is 2.48. The van der Waals surface area contributed by atoms with Crippen molar-refractivity contribution >= 4 is 12.1 Å². The van der Waals surface area contributed by atoms with E-state index in [1.807, 2.05) is 0 Å². The topological polar surface area (TPSA) is 70.9 Å². The number of nitrogens with one attached hydrogen (secondary N) is 1. The van der Waals surface area contributed by atoms with Crippen LogP contribution < -0.4 is 10.2 Å². The largest absolute Gasteiger partial charge is 0.508 e. The molecule has 0 radical (unpaired) electrons. The Morgan fingerprint density at radius 2 is 2.18 bits per heavy atom. The Hall–Kier alpha value is -2.89. The molecule has 6 heteroatoms. The van der Waals surface area contributed by atoms with Crippen molar-refractivity contribution in [3.63, 3.8) is 0 Å². The van der Waals surface area contributed by atoms with Crippen molar-refractivity contribution < 1.29 is 19.0 Å². The van der Waals surface area contributed by atoms with Crippen LogP contribution in [0.4, 0.5) is 4.39 Å². The molecule has 2 N–H and O–H groups in total. The monoisotopic (exact) mass is 302 g/mol. The summed E-state index contributed by atoms with van der Waals surface area (Å²) < 4.78 is 18.1. The van der Waals surface area contributed by atoms with E-state index >= 15 is 0 Å². The van der Waals surface area contributed by atoms with Crippen LogP contribution in [-0.2, 0) is 11.2 Å². The third-order valence-corrected chi connectivity index (χ3v) is 2.86. The summed E-state index contributed by atoms with van der Waals surface area (Å²) in [7, 11) is 1.47. The zero-order valence-corrected chi connectivity index (χ0v) is 11.9. The van der Waals surface area contributed by atoms with Crippen LogP contribution >= 0.6 is 0 Å². The van der Waals surface area contributed by atoms with Gasteiger partial charge in [-0.1, -0.05) is 12.1 Å². The fraction of sp³-hybridized carbons (Fsp3) is 0.125. The van der Waals surface area contributed by atoms with Gasteiger partial charge in [0.2, 0.25) is 5.91 Å². The fourth-order valence-electron chi connectivity index (χ4n) is 1.85. The second kappa shape index (κ2) is 7.21. The Balaban J connectivity index is 1.96. The molecule has 0 aliphatic rings. The lowest BCUT2D eigenvalue weighted by Gasteiger charge is -2.05. The van der Waals surface area contributed by atoms with Crippen molar-refractivity contribution in [2.24, 2.45) is 5.10 Å². The van der Waals surface area contributed by atoms with Gasteiger partial charge in [-0.15, -0.1) is 0 Å². The highest BCUT2D eigenvalue weighted by Gasteiger charge is 2.04. The van der Waals surface area contributed by atoms with E-state index < -0.39 is 0 Å². The molecular weight excluding hydrogens is 287 g/mol. The number of carbonyl (C=O) groups excluding carboxylic acids is 1. The van der Waals surface area contributed by atoms with Crippen LogP contribution in [0.5, 0.6) is 11.5 Å². The van der Waals surface area contributed by atoms with E-state index in [9.17, 15) is 14.3 Å². The standard InChI is InChI=1S/C16H15FN2O3/c1-22-15-9-14(20)6-5-12(15)10-18-19-16(21)8-11-3-2-4-13(17)7-11/h2-7,9-10,20H,8H2,1H3,(H,19,21). The first kappa shape index (κ1) is 15.5. The van der Waals surface area contributed by atoms with Crippen LogP contribution in [-0.4, -0.2) is 24.3 Å². The van der Waals surface area contributed by atoms with Crippen molar-refractivity contribution in [1.82, 2.24) is 5.43 Å². The first-order valence-corrected chi connectivity index (χ1v) is 6.52. The Kier molecular flexibility index (Phi) is 5.08. The minimum Gasteiger partial charge on any atom is -0.508 e. The van der Waals surface area contributed by atoms with Gasteiger partial charge in [0.15, 0.2) is 0 Å². The van der Waals surface area contributed by atoms with Crippen LogP contribution in [0, 0.1) is 5.82 Å². The summed E-state index contributed by atoms with van der Waals surface area (Å²) in [5, 5.41) is 13.2. The van der Waals surface area contributed by atoms with E-state index in [1.165, 1.54) is 37.6 Å². The second-order valence-corrected chi connectivity index (χ2v) is 4.53. The number of benzene rings is 2. The smallest absolute Gasteiger partial charge is 0.244 e. The molecule has 0 heterocycles. The maximum atomic E-state index is 13.0. The number of methoxy groups -OCH3 is 1. The predicted octanol–water partition coefficient (Wildman–Crippen LogP) is 2.23. The normalized spacial score (nSPS) is 10.6. The number of aromatic hydroxyl groups is 1. The van der Waals surface area contributed by atoms with Crippen molar-refractivity contribution in [1.29, 1.82) is 0 Å². The Morgan fingerprint density at radius 3 is 2.91 bits per heavy atom. The Morgan fingerprint density at radius 1 is 1.36 bits per heavy atom. The molecule has 2 rings (SSSR count). The van der Waals surface area contributed by atoms with Gasteiger partial charge in [0, 0.05) is 11.6 Å². The van der Waals surface area contributed by atoms with Crippen LogP contribution in [0.25, 0.3) is 0 Å². The van der Waals surface area contributed by atoms with Crippen LogP contribution in [0.3, 0.4) is 0 Å². The summed E-state index contributed by atoms with van der Waals surface area (Å²) in [6.07, 6.45) is 1.43. The molecule has 0 saturated carbocycles. The number of ether oxygens (including phenoxy) is 1. The lowest BCUT2D eigenvalue weighted by atomic mass is 10.1. The minimum atomic E-state index is -0.386. The summed E-state index contributed by atoms with van der Waals surface area (Å²) in [6, 6.07) is 10.4. The molecular formula is C16H15FN2O3. The molecule has 2 aromatic rings. The second-order valence-electron chi connectivity index (χ2n) is 4.53. The zero-order valence-electron chi connectivity index (χ0n) is 11.9. The maximum absolute atomic E-state index is 13.0. The number of nitrogens with zero attached hydrogens (tertiary/aromatic N) is 1. The molecule has 0 spiro atoms. The number of carbonyl (C=O) groups is 1. The summed E-state index contributed by atoms with van der Waals surface area (Å²) in [4.78, 5) is 11.7. The van der Waals surface area contributed by atoms with Gasteiger partial charge in [0.1, 0.15) is 17.3 Å². The van der Waals surface area contributed by atoms with E-state index in [4.69, 9.17) is 4.74 Å². The molecule has 0 saturated heterocycles. The average molecular weight is 302 g/mol. The number of amides is 1. The van der Waals surface area contributed by atoms with Gasteiger partial charge in [-0.2, -0.15) is 5.10 Å². The van der Waals surface area contributed by atoms with Crippen molar-refractivity contribution in [2.75, 3.05) is 7.11 Å². The molecule has 0 bridgehead atoms. The third-order valence-electron chi connectivity index (χ3n) is 2.86. The van der Waals surface area contributed by atoms with Crippen LogP contribution in [0.15, 0.2) is 47.6 Å². The molecule has 0 unspecified atom stereocenters. The van der Waals surface area contributed by atoms with Gasteiger partial charge < -0.3 is 9.84 Å². The third kappa shape index (κ3) is 4.31. The summed E-state index contributed by atoms with van der Waals surface area (Å²) in [5.74, 6) is -0.241. The fourth-order valence-corrected chi connectivity index (χ4v) is 1.85. The molecule has 1 amide bonds. The number of phenols is 1. The SMILES string of the molecule is COc1cc(O)ccc1C=NNC(=O)Cc1cccc(F)c1. The molecule has 114 valence electrons. The van der Waals surface area contributed by atoms with Crippen molar-refractivity contribution in [2.45, 2.75) is 6.42 Å². The minimum absolute atomic E-state index is 0.0296. The number of hydrazone groups is 1. The summed E-state index contributed by atoms with van der Waals surface area (Å²) in [5.41, 5.74) is 3.52. The number of rotatable bonds is 5. The van der Waals surface area contributed by atoms with Crippen molar-refractivity contribution in [3.05, 3.63) is 59.4 Å². The number of halogens is 1. The molecule has 0 fully saturated rings. The van der Waals surface area contributed by atoms with Crippen molar-refractivity contribution in [3.8, 4) is 11.5 Å². The van der Waals surface area contributed by atoms with Gasteiger partial charge in [-0.25, -0.2) is 9.82 Å². The lowest BCUT2D eigenvalue weighted by molar-refractivity contribution is -0.120. The molecule has 0 aliphatic carbocycles. The predicted molar refractivity (Wildman–Crippen MR) is 80.5 cm³/mol. The van der Waals surface area contributed by atoms with E-state index in [2.05, 4.69) is 10.5 Å². The zero-order chi connectivity index (χ0) is 15.9. The van der Waals surface area contributed by atoms with E-state index in [0.717, 1.165) is 0 Å². The quantitative estimate of drug-likeness (QED) is 0.657. The maximum Gasteiger partial charge on any atom is 0.244 e. The molecule has 0 atom stereocenters. The Labute approximate surface area is 127 Å². The first-order valence-electron chi connectivity index (χ1n) is 6.52. The van der Waals surface area contributed by atoms with Crippen LogP contribution in [0.2, 0.25) is 0 Å². The van der Waals surface area contributed by atoms with Crippen LogP contribution in [0.1, 0.15) is 11.1 Å². The van der Waals surface area contributed by atoms with Gasteiger partial charge in [0.25, 0.3) is 0 Å². The summed E-state index contributed by atoms with van der Waals surface area (Å²) >= 11 is 0. The van der Waals surface area contributed by atoms with Gasteiger partial charge in [0.05, 0.1) is 19.7 Å². The lowest BCUT2D eigenvalue weighted by Crippen LogP contribution is -2.19. The molecule has 0 aromatic heterocycles. The number of hydrogen-bond acceptors (Lipinski definition) is 4. The van der Waals surface area contributed by atoms with Gasteiger partial charge >= 0.3 is 0 Å². The molecule has 2 aromatic carbocycles. The van der Waals surface area contributed by atoms with Gasteiger partial charge in [-0.05, 0) is 29.8 Å². The highest BCUT2D eigenvalue weighted by Crippen LogP contribution is 2.22. The van der Waals surface area contributed by atoms with E-state index in [1.54, 1.807) is 18.2 Å². The molecule has 22 heavy (non-hydrogen) atoms. The number of phenolic OH excluding ortho intramolecular Hbond substituents is 1. The Bertz CT molecular complexity index is 702.